The molecule has 0 bridgehead atoms. The van der Waals surface area contributed by atoms with Crippen molar-refractivity contribution < 1.29 is 32.6 Å². The number of methoxy groups -OCH3 is 1. The van der Waals surface area contributed by atoms with E-state index in [0.29, 0.717) is 17.7 Å². The Bertz CT molecular complexity index is 1180. The van der Waals surface area contributed by atoms with Crippen LogP contribution in [-0.2, 0) is 13.5 Å². The van der Waals surface area contributed by atoms with Crippen molar-refractivity contribution in [2.24, 2.45) is 13.0 Å². The van der Waals surface area contributed by atoms with Gasteiger partial charge in [0.15, 0.2) is 0 Å². The van der Waals surface area contributed by atoms with Crippen LogP contribution in [0.1, 0.15) is 45.2 Å². The molecule has 0 spiro atoms. The van der Waals surface area contributed by atoms with Crippen LogP contribution >= 0.6 is 0 Å². The standard InChI is InChI=1S/C24H25F3N2O4/c1-14(24(25,26)27)8-9-28-22(30)16-6-7-20-19(11-16)18(13-29(20)2)10-15-4-5-17(23(31)32)12-21(15)33-3/h4-7,11-14H,8-10H2,1-3H3,(H,28,30)(H,31,32). The lowest BCUT2D eigenvalue weighted by Gasteiger charge is -2.15. The minimum Gasteiger partial charge on any atom is -0.496 e. The van der Waals surface area contributed by atoms with Crippen LogP contribution in [0.5, 0.6) is 5.75 Å². The van der Waals surface area contributed by atoms with Crippen LogP contribution in [-0.4, -0.2) is 41.4 Å². The van der Waals surface area contributed by atoms with E-state index < -0.39 is 24.0 Å². The SMILES string of the molecule is COc1cc(C(=O)O)ccc1Cc1cn(C)c2ccc(C(=O)NCCC(C)C(F)(F)F)cc12. The van der Waals surface area contributed by atoms with Gasteiger partial charge in [-0.05, 0) is 47.9 Å². The van der Waals surface area contributed by atoms with Gasteiger partial charge in [0.05, 0.1) is 18.6 Å². The number of amides is 1. The van der Waals surface area contributed by atoms with E-state index in [-0.39, 0.29) is 18.5 Å². The van der Waals surface area contributed by atoms with E-state index in [1.807, 2.05) is 17.8 Å². The van der Waals surface area contributed by atoms with E-state index in [0.717, 1.165) is 29.0 Å². The minimum atomic E-state index is -4.29. The quantitative estimate of drug-likeness (QED) is 0.504. The van der Waals surface area contributed by atoms with Gasteiger partial charge >= 0.3 is 12.1 Å². The summed E-state index contributed by atoms with van der Waals surface area (Å²) in [5.41, 5.74) is 3.03. The first kappa shape index (κ1) is 24.2. The fourth-order valence-electron chi connectivity index (χ4n) is 3.65. The van der Waals surface area contributed by atoms with Gasteiger partial charge in [0.1, 0.15) is 5.75 Å². The molecular formula is C24H25F3N2O4. The van der Waals surface area contributed by atoms with Gasteiger partial charge in [-0.25, -0.2) is 4.79 Å². The molecule has 0 radical (unpaired) electrons. The lowest BCUT2D eigenvalue weighted by Crippen LogP contribution is -2.29. The fourth-order valence-corrected chi connectivity index (χ4v) is 3.65. The van der Waals surface area contributed by atoms with Gasteiger partial charge in [0.25, 0.3) is 5.91 Å². The van der Waals surface area contributed by atoms with Gasteiger partial charge < -0.3 is 19.7 Å². The zero-order valence-corrected chi connectivity index (χ0v) is 18.5. The molecule has 6 nitrogen and oxygen atoms in total. The molecule has 2 aromatic carbocycles. The summed E-state index contributed by atoms with van der Waals surface area (Å²) in [6.45, 7) is 1.01. The number of carbonyl (C=O) groups excluding carboxylic acids is 1. The van der Waals surface area contributed by atoms with Crippen LogP contribution in [0.4, 0.5) is 13.2 Å². The second kappa shape index (κ2) is 9.56. The second-order valence-corrected chi connectivity index (χ2v) is 7.99. The summed E-state index contributed by atoms with van der Waals surface area (Å²) in [5.74, 6) is -2.54. The zero-order chi connectivity index (χ0) is 24.3. The van der Waals surface area contributed by atoms with Crippen molar-refractivity contribution in [2.45, 2.75) is 25.9 Å². The van der Waals surface area contributed by atoms with E-state index in [9.17, 15) is 27.9 Å². The molecule has 3 rings (SSSR count). The van der Waals surface area contributed by atoms with Crippen molar-refractivity contribution >= 4 is 22.8 Å². The Morgan fingerprint density at radius 1 is 1.12 bits per heavy atom. The molecule has 3 aromatic rings. The molecule has 1 atom stereocenters. The number of benzene rings is 2. The number of nitrogens with one attached hydrogen (secondary N) is 1. The second-order valence-electron chi connectivity index (χ2n) is 7.99. The molecule has 33 heavy (non-hydrogen) atoms. The zero-order valence-electron chi connectivity index (χ0n) is 18.5. The summed E-state index contributed by atoms with van der Waals surface area (Å²) in [7, 11) is 3.34. The lowest BCUT2D eigenvalue weighted by molar-refractivity contribution is -0.170. The molecule has 0 aliphatic heterocycles. The molecule has 1 unspecified atom stereocenters. The molecule has 0 aliphatic carbocycles. The lowest BCUT2D eigenvalue weighted by atomic mass is 10.0. The minimum absolute atomic E-state index is 0.0771. The highest BCUT2D eigenvalue weighted by atomic mass is 19.4. The summed E-state index contributed by atoms with van der Waals surface area (Å²) in [6, 6.07) is 9.80. The third kappa shape index (κ3) is 5.47. The fraction of sp³-hybridized carbons (Fsp3) is 0.333. The topological polar surface area (TPSA) is 80.6 Å². The molecule has 0 saturated heterocycles. The Balaban J connectivity index is 1.83. The number of hydrogen-bond acceptors (Lipinski definition) is 3. The molecule has 1 aromatic heterocycles. The number of aromatic nitrogens is 1. The normalized spacial score (nSPS) is 12.5. The highest BCUT2D eigenvalue weighted by molar-refractivity contribution is 5.99. The molecule has 0 saturated carbocycles. The van der Waals surface area contributed by atoms with Crippen LogP contribution in [0.3, 0.4) is 0 Å². The first-order chi connectivity index (χ1) is 15.5. The number of hydrogen-bond donors (Lipinski definition) is 2. The van der Waals surface area contributed by atoms with Crippen LogP contribution in [0, 0.1) is 5.92 Å². The molecule has 0 fully saturated rings. The predicted molar refractivity (Wildman–Crippen MR) is 118 cm³/mol. The number of alkyl halides is 3. The van der Waals surface area contributed by atoms with Gasteiger partial charge in [0, 0.05) is 42.7 Å². The number of halogens is 3. The largest absolute Gasteiger partial charge is 0.496 e. The molecule has 2 N–H and O–H groups in total. The summed E-state index contributed by atoms with van der Waals surface area (Å²) in [4.78, 5) is 23.7. The number of aryl methyl sites for hydroxylation is 1. The summed E-state index contributed by atoms with van der Waals surface area (Å²) in [6.07, 6.45) is -2.12. The Hall–Kier alpha value is -3.49. The Morgan fingerprint density at radius 3 is 2.45 bits per heavy atom. The Labute approximate surface area is 189 Å². The van der Waals surface area contributed by atoms with Gasteiger partial charge in [0.2, 0.25) is 0 Å². The number of fused-ring (bicyclic) bond motifs is 1. The van der Waals surface area contributed by atoms with E-state index in [4.69, 9.17) is 4.74 Å². The van der Waals surface area contributed by atoms with Crippen LogP contribution in [0.25, 0.3) is 10.9 Å². The molecule has 1 amide bonds. The van der Waals surface area contributed by atoms with Crippen molar-refractivity contribution in [1.82, 2.24) is 9.88 Å². The van der Waals surface area contributed by atoms with Crippen molar-refractivity contribution in [3.05, 3.63) is 64.8 Å². The number of carbonyl (C=O) groups is 2. The highest BCUT2D eigenvalue weighted by Crippen LogP contribution is 2.29. The Morgan fingerprint density at radius 2 is 1.82 bits per heavy atom. The van der Waals surface area contributed by atoms with Gasteiger partial charge in [-0.2, -0.15) is 13.2 Å². The summed E-state index contributed by atoms with van der Waals surface area (Å²) < 4.78 is 45.3. The van der Waals surface area contributed by atoms with Crippen LogP contribution in [0.2, 0.25) is 0 Å². The average molecular weight is 462 g/mol. The molecule has 9 heteroatoms. The summed E-state index contributed by atoms with van der Waals surface area (Å²) >= 11 is 0. The number of nitrogens with zero attached hydrogens (tertiary/aromatic N) is 1. The number of aromatic carboxylic acids is 1. The number of carboxylic acids is 1. The molecular weight excluding hydrogens is 437 g/mol. The highest BCUT2D eigenvalue weighted by Gasteiger charge is 2.35. The first-order valence-electron chi connectivity index (χ1n) is 10.3. The number of ether oxygens (including phenoxy) is 1. The third-order valence-corrected chi connectivity index (χ3v) is 5.67. The molecule has 0 aliphatic rings. The maximum absolute atomic E-state index is 12.7. The van der Waals surface area contributed by atoms with Crippen molar-refractivity contribution in [3.8, 4) is 5.75 Å². The maximum Gasteiger partial charge on any atom is 0.391 e. The average Bonchev–Trinajstić information content (AvgIpc) is 3.07. The van der Waals surface area contributed by atoms with E-state index in [1.54, 1.807) is 24.3 Å². The van der Waals surface area contributed by atoms with Gasteiger partial charge in [-0.1, -0.05) is 13.0 Å². The smallest absolute Gasteiger partial charge is 0.391 e. The predicted octanol–water partition coefficient (Wildman–Crippen LogP) is 4.79. The van der Waals surface area contributed by atoms with Crippen molar-refractivity contribution in [2.75, 3.05) is 13.7 Å². The van der Waals surface area contributed by atoms with Crippen LogP contribution < -0.4 is 10.1 Å². The number of carboxylic acid groups (broad SMARTS) is 1. The third-order valence-electron chi connectivity index (χ3n) is 5.67. The number of rotatable bonds is 8. The van der Waals surface area contributed by atoms with Crippen molar-refractivity contribution in [1.29, 1.82) is 0 Å². The maximum atomic E-state index is 12.7. The van der Waals surface area contributed by atoms with E-state index in [1.165, 1.54) is 19.2 Å². The first-order valence-corrected chi connectivity index (χ1v) is 10.3. The van der Waals surface area contributed by atoms with Crippen LogP contribution in [0.15, 0.2) is 42.6 Å². The monoisotopic (exact) mass is 462 g/mol. The van der Waals surface area contributed by atoms with E-state index in [2.05, 4.69) is 5.32 Å². The van der Waals surface area contributed by atoms with Gasteiger partial charge in [-0.3, -0.25) is 4.79 Å². The molecule has 1 heterocycles. The van der Waals surface area contributed by atoms with Gasteiger partial charge in [-0.15, -0.1) is 0 Å². The van der Waals surface area contributed by atoms with E-state index >= 15 is 0 Å². The Kier molecular flexibility index (Phi) is 7.00. The summed E-state index contributed by atoms with van der Waals surface area (Å²) in [5, 5.41) is 12.6. The molecule has 176 valence electrons. The van der Waals surface area contributed by atoms with Crippen molar-refractivity contribution in [3.63, 3.8) is 0 Å².